The summed E-state index contributed by atoms with van der Waals surface area (Å²) in [5.74, 6) is 0.0560. The predicted molar refractivity (Wildman–Crippen MR) is 84.5 cm³/mol. The number of nitrogens with zero attached hydrogens (tertiary/aromatic N) is 1. The number of hydrogen-bond donors (Lipinski definition) is 1. The van der Waals surface area contributed by atoms with Crippen molar-refractivity contribution in [3.63, 3.8) is 0 Å². The Morgan fingerprint density at radius 2 is 1.65 bits per heavy atom. The summed E-state index contributed by atoms with van der Waals surface area (Å²) < 4.78 is 0. The molecule has 1 aliphatic rings. The zero-order valence-corrected chi connectivity index (χ0v) is 12.7. The third kappa shape index (κ3) is 2.77. The van der Waals surface area contributed by atoms with Crippen LogP contribution in [0.5, 0.6) is 0 Å². The van der Waals surface area contributed by atoms with Gasteiger partial charge in [0.05, 0.1) is 0 Å². The topological polar surface area (TPSA) is 32.3 Å². The third-order valence-electron chi connectivity index (χ3n) is 3.64. The molecule has 1 aromatic carbocycles. The zero-order valence-electron chi connectivity index (χ0n) is 12.7. The first-order valence-corrected chi connectivity index (χ1v) is 7.09. The number of carbonyl (C=O) groups excluding carboxylic acids is 1. The highest BCUT2D eigenvalue weighted by Crippen LogP contribution is 2.27. The Morgan fingerprint density at radius 3 is 2.15 bits per heavy atom. The van der Waals surface area contributed by atoms with E-state index in [4.69, 9.17) is 0 Å². The van der Waals surface area contributed by atoms with Crippen molar-refractivity contribution in [3.8, 4) is 0 Å². The molecule has 106 valence electrons. The van der Waals surface area contributed by atoms with Gasteiger partial charge in [-0.05, 0) is 42.2 Å². The average Bonchev–Trinajstić information content (AvgIpc) is 2.74. The Balaban J connectivity index is 2.31. The summed E-state index contributed by atoms with van der Waals surface area (Å²) in [6, 6.07) is 8.32. The second-order valence-corrected chi connectivity index (χ2v) is 5.16. The van der Waals surface area contributed by atoms with E-state index in [1.54, 1.807) is 0 Å². The molecule has 1 amide bonds. The van der Waals surface area contributed by atoms with Gasteiger partial charge in [0.2, 0.25) is 0 Å². The van der Waals surface area contributed by atoms with Crippen LogP contribution in [0.1, 0.15) is 32.3 Å². The molecule has 0 aliphatic carbocycles. The fourth-order valence-corrected chi connectivity index (χ4v) is 2.51. The quantitative estimate of drug-likeness (QED) is 0.910. The van der Waals surface area contributed by atoms with E-state index >= 15 is 0 Å². The van der Waals surface area contributed by atoms with E-state index in [1.807, 2.05) is 21.0 Å². The maximum atomic E-state index is 11.9. The molecule has 1 N–H and O–H groups in total. The molecule has 3 nitrogen and oxygen atoms in total. The Morgan fingerprint density at radius 1 is 1.05 bits per heavy atom. The Kier molecular flexibility index (Phi) is 4.28. The SMILES string of the molecule is CCC1=C(CC)/C(=C\c2ccc(N(C)C)cc2)NC1=O. The van der Waals surface area contributed by atoms with E-state index in [1.165, 1.54) is 5.69 Å². The van der Waals surface area contributed by atoms with E-state index in [-0.39, 0.29) is 5.91 Å². The van der Waals surface area contributed by atoms with Crippen molar-refractivity contribution in [1.82, 2.24) is 5.32 Å². The number of amides is 1. The second-order valence-electron chi connectivity index (χ2n) is 5.16. The van der Waals surface area contributed by atoms with E-state index in [9.17, 15) is 4.79 Å². The van der Waals surface area contributed by atoms with Crippen molar-refractivity contribution >= 4 is 17.7 Å². The van der Waals surface area contributed by atoms with Crippen molar-refractivity contribution in [2.75, 3.05) is 19.0 Å². The van der Waals surface area contributed by atoms with Crippen LogP contribution in [0.15, 0.2) is 41.1 Å². The molecule has 0 spiro atoms. The first-order valence-electron chi connectivity index (χ1n) is 7.09. The molecule has 0 fully saturated rings. The van der Waals surface area contributed by atoms with Gasteiger partial charge < -0.3 is 10.2 Å². The molecule has 0 saturated carbocycles. The lowest BCUT2D eigenvalue weighted by Crippen LogP contribution is -2.16. The monoisotopic (exact) mass is 270 g/mol. The summed E-state index contributed by atoms with van der Waals surface area (Å²) in [4.78, 5) is 14.0. The van der Waals surface area contributed by atoms with Gasteiger partial charge in [0.25, 0.3) is 5.91 Å². The number of benzene rings is 1. The van der Waals surface area contributed by atoms with Crippen LogP contribution in [0.2, 0.25) is 0 Å². The van der Waals surface area contributed by atoms with Gasteiger partial charge in [-0.15, -0.1) is 0 Å². The molecule has 0 atom stereocenters. The standard InChI is InChI=1S/C17H22N2O/c1-5-14-15(6-2)17(20)18-16(14)11-12-7-9-13(10-8-12)19(3)4/h7-11H,5-6H2,1-4H3,(H,18,20)/b16-11+. The summed E-state index contributed by atoms with van der Waals surface area (Å²) in [6.45, 7) is 4.12. The zero-order chi connectivity index (χ0) is 14.7. The molecule has 0 radical (unpaired) electrons. The average molecular weight is 270 g/mol. The van der Waals surface area contributed by atoms with Crippen LogP contribution in [-0.2, 0) is 4.79 Å². The van der Waals surface area contributed by atoms with Crippen LogP contribution in [-0.4, -0.2) is 20.0 Å². The van der Waals surface area contributed by atoms with E-state index < -0.39 is 0 Å². The lowest BCUT2D eigenvalue weighted by Gasteiger charge is -2.12. The molecule has 0 unspecified atom stereocenters. The van der Waals surface area contributed by atoms with Gasteiger partial charge in [-0.2, -0.15) is 0 Å². The molecular formula is C17H22N2O. The highest BCUT2D eigenvalue weighted by atomic mass is 16.1. The highest BCUT2D eigenvalue weighted by molar-refractivity contribution is 6.01. The van der Waals surface area contributed by atoms with E-state index in [2.05, 4.69) is 47.5 Å². The fraction of sp³-hybridized carbons (Fsp3) is 0.353. The summed E-state index contributed by atoms with van der Waals surface area (Å²) in [5.41, 5.74) is 5.29. The number of nitrogens with one attached hydrogen (secondary N) is 1. The predicted octanol–water partition coefficient (Wildman–Crippen LogP) is 3.34. The summed E-state index contributed by atoms with van der Waals surface area (Å²) in [5, 5.41) is 2.98. The largest absolute Gasteiger partial charge is 0.378 e. The minimum Gasteiger partial charge on any atom is -0.378 e. The summed E-state index contributed by atoms with van der Waals surface area (Å²) >= 11 is 0. The van der Waals surface area contributed by atoms with E-state index in [0.29, 0.717) is 0 Å². The van der Waals surface area contributed by atoms with Gasteiger partial charge in [0, 0.05) is 31.1 Å². The van der Waals surface area contributed by atoms with Crippen LogP contribution in [0.25, 0.3) is 6.08 Å². The van der Waals surface area contributed by atoms with Gasteiger partial charge in [0.1, 0.15) is 0 Å². The molecule has 0 saturated heterocycles. The van der Waals surface area contributed by atoms with Crippen LogP contribution in [0.3, 0.4) is 0 Å². The minimum atomic E-state index is 0.0560. The van der Waals surface area contributed by atoms with Crippen molar-refractivity contribution in [1.29, 1.82) is 0 Å². The van der Waals surface area contributed by atoms with Crippen molar-refractivity contribution in [2.24, 2.45) is 0 Å². The second kappa shape index (κ2) is 5.95. The number of hydrogen-bond acceptors (Lipinski definition) is 2. The first kappa shape index (κ1) is 14.4. The molecule has 1 aromatic rings. The Bertz CT molecular complexity index is 565. The molecule has 3 heteroatoms. The van der Waals surface area contributed by atoms with E-state index in [0.717, 1.165) is 35.2 Å². The van der Waals surface area contributed by atoms with Crippen molar-refractivity contribution < 1.29 is 4.79 Å². The maximum Gasteiger partial charge on any atom is 0.251 e. The minimum absolute atomic E-state index is 0.0560. The Hall–Kier alpha value is -2.03. The van der Waals surface area contributed by atoms with Gasteiger partial charge in [-0.3, -0.25) is 4.79 Å². The molecule has 0 bridgehead atoms. The number of allylic oxidation sites excluding steroid dienone is 1. The summed E-state index contributed by atoms with van der Waals surface area (Å²) in [7, 11) is 4.05. The van der Waals surface area contributed by atoms with Crippen molar-refractivity contribution in [3.05, 3.63) is 46.7 Å². The lowest BCUT2D eigenvalue weighted by molar-refractivity contribution is -0.116. The van der Waals surface area contributed by atoms with Gasteiger partial charge in [-0.1, -0.05) is 26.0 Å². The van der Waals surface area contributed by atoms with Gasteiger partial charge >= 0.3 is 0 Å². The molecule has 2 rings (SSSR count). The van der Waals surface area contributed by atoms with Crippen molar-refractivity contribution in [2.45, 2.75) is 26.7 Å². The van der Waals surface area contributed by atoms with Crippen LogP contribution in [0.4, 0.5) is 5.69 Å². The fourth-order valence-electron chi connectivity index (χ4n) is 2.51. The molecule has 1 heterocycles. The van der Waals surface area contributed by atoms with Gasteiger partial charge in [-0.25, -0.2) is 0 Å². The number of carbonyl (C=O) groups is 1. The highest BCUT2D eigenvalue weighted by Gasteiger charge is 2.23. The number of rotatable bonds is 4. The van der Waals surface area contributed by atoms with Crippen LogP contribution < -0.4 is 10.2 Å². The normalized spacial score (nSPS) is 16.8. The lowest BCUT2D eigenvalue weighted by atomic mass is 10.0. The molecular weight excluding hydrogens is 248 g/mol. The first-order chi connectivity index (χ1) is 9.56. The summed E-state index contributed by atoms with van der Waals surface area (Å²) in [6.07, 6.45) is 3.72. The molecule has 20 heavy (non-hydrogen) atoms. The maximum absolute atomic E-state index is 11.9. The van der Waals surface area contributed by atoms with Crippen LogP contribution in [0, 0.1) is 0 Å². The van der Waals surface area contributed by atoms with Gasteiger partial charge in [0.15, 0.2) is 0 Å². The van der Waals surface area contributed by atoms with Crippen LogP contribution >= 0.6 is 0 Å². The molecule has 0 aromatic heterocycles. The third-order valence-corrected chi connectivity index (χ3v) is 3.64. The molecule has 1 aliphatic heterocycles. The number of anilines is 1. The Labute approximate surface area is 121 Å². The smallest absolute Gasteiger partial charge is 0.251 e.